The highest BCUT2D eigenvalue weighted by Gasteiger charge is 2.39. The zero-order valence-electron chi connectivity index (χ0n) is 22.8. The van der Waals surface area contributed by atoms with Gasteiger partial charge in [0.15, 0.2) is 5.78 Å². The van der Waals surface area contributed by atoms with Crippen molar-refractivity contribution in [2.75, 3.05) is 19.6 Å². The average Bonchev–Trinajstić information content (AvgIpc) is 3.37. The molecule has 2 rings (SSSR count). The van der Waals surface area contributed by atoms with Crippen molar-refractivity contribution in [1.29, 1.82) is 0 Å². The number of hydrogen-bond donors (Lipinski definition) is 2. The number of hydroxylamine groups is 2. The molecule has 0 saturated carbocycles. The van der Waals surface area contributed by atoms with E-state index in [0.29, 0.717) is 11.5 Å². The van der Waals surface area contributed by atoms with E-state index in [1.54, 1.807) is 0 Å². The Morgan fingerprint density at radius 2 is 1.40 bits per heavy atom. The van der Waals surface area contributed by atoms with E-state index in [2.05, 4.69) is 15.5 Å². The number of amides is 6. The van der Waals surface area contributed by atoms with Crippen molar-refractivity contribution in [3.05, 3.63) is 0 Å². The molecule has 220 valence electrons. The van der Waals surface area contributed by atoms with Crippen LogP contribution in [0.25, 0.3) is 0 Å². The first kappa shape index (κ1) is 32.2. The number of rotatable bonds is 17. The Bertz CT molecular complexity index is 1040. The highest BCUT2D eigenvalue weighted by atomic mass is 16.7. The van der Waals surface area contributed by atoms with E-state index >= 15 is 0 Å². The SMILES string of the molecule is CC(C)C1CC(=O)N(CCCC(=O)CCC(=O)NCC(=O)CCC(=O)NCCC(=O)ON2C(=O)CCC2=O)C1=O. The van der Waals surface area contributed by atoms with Crippen molar-refractivity contribution >= 4 is 53.0 Å². The summed E-state index contributed by atoms with van der Waals surface area (Å²) >= 11 is 0. The summed E-state index contributed by atoms with van der Waals surface area (Å²) in [5.74, 6) is -4.36. The molecule has 0 bridgehead atoms. The lowest BCUT2D eigenvalue weighted by Crippen LogP contribution is -2.34. The molecule has 2 fully saturated rings. The third kappa shape index (κ3) is 10.3. The van der Waals surface area contributed by atoms with Crippen LogP contribution in [0.15, 0.2) is 0 Å². The van der Waals surface area contributed by atoms with Gasteiger partial charge < -0.3 is 15.5 Å². The first-order valence-corrected chi connectivity index (χ1v) is 13.4. The van der Waals surface area contributed by atoms with E-state index in [1.165, 1.54) is 4.90 Å². The number of nitrogens with one attached hydrogen (secondary N) is 2. The quantitative estimate of drug-likeness (QED) is 0.222. The lowest BCUT2D eigenvalue weighted by molar-refractivity contribution is -0.197. The smallest absolute Gasteiger partial charge is 0.334 e. The van der Waals surface area contributed by atoms with Crippen molar-refractivity contribution in [1.82, 2.24) is 20.6 Å². The summed E-state index contributed by atoms with van der Waals surface area (Å²) in [4.78, 5) is 112. The Morgan fingerprint density at radius 3 is 2.00 bits per heavy atom. The lowest BCUT2D eigenvalue weighted by atomic mass is 9.94. The molecular weight excluding hydrogens is 528 g/mol. The molecule has 2 saturated heterocycles. The number of carbonyl (C=O) groups excluding carboxylic acids is 9. The van der Waals surface area contributed by atoms with E-state index in [1.807, 2.05) is 13.8 Å². The van der Waals surface area contributed by atoms with Crippen LogP contribution in [0, 0.1) is 11.8 Å². The van der Waals surface area contributed by atoms with Gasteiger partial charge in [-0.2, -0.15) is 0 Å². The average molecular weight is 565 g/mol. The van der Waals surface area contributed by atoms with Crippen LogP contribution < -0.4 is 10.6 Å². The minimum Gasteiger partial charge on any atom is -0.356 e. The number of ketones is 2. The predicted molar refractivity (Wildman–Crippen MR) is 135 cm³/mol. The number of imide groups is 2. The minimum atomic E-state index is -0.863. The van der Waals surface area contributed by atoms with Gasteiger partial charge in [-0.3, -0.25) is 43.3 Å². The Hall–Kier alpha value is -3.97. The number of nitrogens with zero attached hydrogens (tertiary/aromatic N) is 2. The van der Waals surface area contributed by atoms with E-state index in [-0.39, 0.29) is 107 Å². The second-order valence-electron chi connectivity index (χ2n) is 10.0. The minimum absolute atomic E-state index is 0.0262. The van der Waals surface area contributed by atoms with Crippen molar-refractivity contribution < 1.29 is 48.0 Å². The van der Waals surface area contributed by atoms with Crippen molar-refractivity contribution in [3.8, 4) is 0 Å². The largest absolute Gasteiger partial charge is 0.356 e. The molecule has 0 spiro atoms. The highest BCUT2D eigenvalue weighted by Crippen LogP contribution is 2.26. The second-order valence-corrected chi connectivity index (χ2v) is 10.0. The molecule has 2 aliphatic rings. The number of carbonyl (C=O) groups is 9. The summed E-state index contributed by atoms with van der Waals surface area (Å²) in [6, 6.07) is 0. The van der Waals surface area contributed by atoms with Crippen LogP contribution in [0.4, 0.5) is 0 Å². The molecule has 0 aromatic carbocycles. The third-order valence-corrected chi connectivity index (χ3v) is 6.52. The normalized spacial score (nSPS) is 17.0. The molecule has 1 unspecified atom stereocenters. The lowest BCUT2D eigenvalue weighted by Gasteiger charge is -2.16. The molecule has 0 radical (unpaired) electrons. The van der Waals surface area contributed by atoms with Gasteiger partial charge in [0.05, 0.1) is 13.0 Å². The summed E-state index contributed by atoms with van der Waals surface area (Å²) in [6.07, 6.45) is -0.183. The third-order valence-electron chi connectivity index (χ3n) is 6.52. The molecule has 14 heteroatoms. The molecular formula is C26H36N4O10. The van der Waals surface area contributed by atoms with Crippen LogP contribution in [0.2, 0.25) is 0 Å². The predicted octanol–water partition coefficient (Wildman–Crippen LogP) is -0.274. The van der Waals surface area contributed by atoms with Crippen LogP contribution >= 0.6 is 0 Å². The van der Waals surface area contributed by atoms with Gasteiger partial charge in [0.1, 0.15) is 5.78 Å². The first-order chi connectivity index (χ1) is 18.9. The maximum Gasteiger partial charge on any atom is 0.334 e. The Balaban J connectivity index is 1.51. The monoisotopic (exact) mass is 564 g/mol. The summed E-state index contributed by atoms with van der Waals surface area (Å²) in [6.45, 7) is 3.52. The Morgan fingerprint density at radius 1 is 0.800 bits per heavy atom. The van der Waals surface area contributed by atoms with Crippen molar-refractivity contribution in [2.45, 2.75) is 78.1 Å². The van der Waals surface area contributed by atoms with Gasteiger partial charge in [0.2, 0.25) is 23.6 Å². The Labute approximate surface area is 231 Å². The number of Topliss-reactive ketones (excluding diaryl/α,β-unsaturated/α-hetero) is 2. The number of hydrogen-bond acceptors (Lipinski definition) is 10. The summed E-state index contributed by atoms with van der Waals surface area (Å²) in [7, 11) is 0. The van der Waals surface area contributed by atoms with Gasteiger partial charge in [0, 0.05) is 70.4 Å². The Kier molecular flexibility index (Phi) is 12.6. The fourth-order valence-electron chi connectivity index (χ4n) is 4.10. The van der Waals surface area contributed by atoms with Crippen LogP contribution in [-0.2, 0) is 48.0 Å². The van der Waals surface area contributed by atoms with Crippen LogP contribution in [0.1, 0.15) is 78.1 Å². The summed E-state index contributed by atoms with van der Waals surface area (Å²) in [5.41, 5.74) is 0. The molecule has 2 N–H and O–H groups in total. The van der Waals surface area contributed by atoms with Gasteiger partial charge in [0.25, 0.3) is 11.8 Å². The van der Waals surface area contributed by atoms with Crippen molar-refractivity contribution in [2.24, 2.45) is 11.8 Å². The molecule has 0 aliphatic carbocycles. The second kappa shape index (κ2) is 15.6. The van der Waals surface area contributed by atoms with Crippen LogP contribution in [0.5, 0.6) is 0 Å². The molecule has 14 nitrogen and oxygen atoms in total. The molecule has 0 aromatic heterocycles. The molecule has 2 aliphatic heterocycles. The van der Waals surface area contributed by atoms with Crippen LogP contribution in [-0.4, -0.2) is 82.6 Å². The van der Waals surface area contributed by atoms with Gasteiger partial charge in [-0.1, -0.05) is 13.8 Å². The van der Waals surface area contributed by atoms with E-state index in [9.17, 15) is 43.2 Å². The summed E-state index contributed by atoms with van der Waals surface area (Å²) in [5, 5.41) is 5.23. The topological polar surface area (TPSA) is 193 Å². The molecule has 6 amide bonds. The maximum atomic E-state index is 12.3. The van der Waals surface area contributed by atoms with Gasteiger partial charge >= 0.3 is 5.97 Å². The molecule has 2 heterocycles. The first-order valence-electron chi connectivity index (χ1n) is 13.4. The number of likely N-dealkylation sites (tertiary alicyclic amines) is 1. The maximum absolute atomic E-state index is 12.3. The van der Waals surface area contributed by atoms with Crippen LogP contribution in [0.3, 0.4) is 0 Å². The zero-order chi connectivity index (χ0) is 29.8. The van der Waals surface area contributed by atoms with E-state index in [4.69, 9.17) is 0 Å². The summed E-state index contributed by atoms with van der Waals surface area (Å²) < 4.78 is 0. The van der Waals surface area contributed by atoms with E-state index in [0.717, 1.165) is 0 Å². The highest BCUT2D eigenvalue weighted by molar-refractivity contribution is 6.03. The van der Waals surface area contributed by atoms with Gasteiger partial charge in [-0.05, 0) is 12.3 Å². The van der Waals surface area contributed by atoms with Gasteiger partial charge in [-0.25, -0.2) is 4.79 Å². The fourth-order valence-corrected chi connectivity index (χ4v) is 4.10. The standard InChI is InChI=1S/C26H36N4O10/c1-16(2)19-14-24(37)29(26(19)39)13-3-4-17(31)5-7-21(34)28-15-18(32)6-8-20(33)27-12-11-25(38)40-30-22(35)9-10-23(30)36/h16,19H,3-15H2,1-2H3,(H,27,33)(H,28,34). The molecule has 40 heavy (non-hydrogen) atoms. The van der Waals surface area contributed by atoms with Crippen molar-refractivity contribution in [3.63, 3.8) is 0 Å². The molecule has 0 aromatic rings. The van der Waals surface area contributed by atoms with Gasteiger partial charge in [-0.15, -0.1) is 5.06 Å². The zero-order valence-corrected chi connectivity index (χ0v) is 22.8. The molecule has 1 atom stereocenters. The van der Waals surface area contributed by atoms with E-state index < -0.39 is 35.4 Å². The fraction of sp³-hybridized carbons (Fsp3) is 0.654.